The summed E-state index contributed by atoms with van der Waals surface area (Å²) in [6.07, 6.45) is 0.924. The van der Waals surface area contributed by atoms with Crippen molar-refractivity contribution >= 4 is 40.7 Å². The van der Waals surface area contributed by atoms with Gasteiger partial charge in [0, 0.05) is 31.2 Å². The molecule has 2 rings (SSSR count). The molecule has 0 heterocycles. The van der Waals surface area contributed by atoms with Gasteiger partial charge in [0.1, 0.15) is 0 Å². The molecule has 2 aromatic carbocycles. The van der Waals surface area contributed by atoms with Crippen LogP contribution in [0.4, 0.5) is 5.69 Å². The number of amides is 2. The van der Waals surface area contributed by atoms with Crippen LogP contribution in [0.2, 0.25) is 10.0 Å². The Bertz CT molecular complexity index is 760. The largest absolute Gasteiger partial charge is 0.345 e. The minimum atomic E-state index is -0.182. The first-order valence-corrected chi connectivity index (χ1v) is 8.18. The van der Waals surface area contributed by atoms with Crippen molar-refractivity contribution in [1.82, 2.24) is 4.90 Å². The highest BCUT2D eigenvalue weighted by Crippen LogP contribution is 2.22. The van der Waals surface area contributed by atoms with Crippen molar-refractivity contribution in [1.29, 1.82) is 0 Å². The molecule has 1 N–H and O–H groups in total. The van der Waals surface area contributed by atoms with Crippen molar-refractivity contribution in [3.8, 4) is 0 Å². The SMILES string of the molecule is CN(C)C(=O)c1ccc(NC(=O)CCc2cccc(Cl)c2)cc1Cl. The summed E-state index contributed by atoms with van der Waals surface area (Å²) in [7, 11) is 3.31. The molecule has 0 saturated carbocycles. The Labute approximate surface area is 151 Å². The number of nitrogens with zero attached hydrogens (tertiary/aromatic N) is 1. The first-order valence-electron chi connectivity index (χ1n) is 7.42. The lowest BCUT2D eigenvalue weighted by Crippen LogP contribution is -2.22. The van der Waals surface area contributed by atoms with Crippen LogP contribution in [-0.4, -0.2) is 30.8 Å². The number of carbonyl (C=O) groups excluding carboxylic acids is 2. The minimum absolute atomic E-state index is 0.127. The lowest BCUT2D eigenvalue weighted by Gasteiger charge is -2.13. The third kappa shape index (κ3) is 4.98. The molecule has 0 spiro atoms. The molecule has 0 bridgehead atoms. The highest BCUT2D eigenvalue weighted by atomic mass is 35.5. The van der Waals surface area contributed by atoms with Crippen molar-refractivity contribution in [2.24, 2.45) is 0 Å². The third-order valence-electron chi connectivity index (χ3n) is 3.42. The number of hydrogen-bond acceptors (Lipinski definition) is 2. The quantitative estimate of drug-likeness (QED) is 0.861. The van der Waals surface area contributed by atoms with E-state index in [-0.39, 0.29) is 11.8 Å². The average Bonchev–Trinajstić information content (AvgIpc) is 2.52. The standard InChI is InChI=1S/C18H18Cl2N2O2/c1-22(2)18(24)15-8-7-14(11-16(15)20)21-17(23)9-6-12-4-3-5-13(19)10-12/h3-5,7-8,10-11H,6,9H2,1-2H3,(H,21,23). The summed E-state index contributed by atoms with van der Waals surface area (Å²) in [6, 6.07) is 12.3. The van der Waals surface area contributed by atoms with Crippen molar-refractivity contribution in [3.63, 3.8) is 0 Å². The van der Waals surface area contributed by atoms with Gasteiger partial charge in [-0.3, -0.25) is 9.59 Å². The van der Waals surface area contributed by atoms with E-state index in [4.69, 9.17) is 23.2 Å². The molecule has 0 fully saturated rings. The molecule has 0 atom stereocenters. The Morgan fingerprint density at radius 2 is 1.83 bits per heavy atom. The number of anilines is 1. The number of aryl methyl sites for hydroxylation is 1. The zero-order chi connectivity index (χ0) is 17.7. The molecule has 0 radical (unpaired) electrons. The fourth-order valence-electron chi connectivity index (χ4n) is 2.18. The second-order valence-electron chi connectivity index (χ2n) is 5.57. The Balaban J connectivity index is 1.97. The Hall–Kier alpha value is -2.04. The Morgan fingerprint density at radius 3 is 2.46 bits per heavy atom. The zero-order valence-electron chi connectivity index (χ0n) is 13.5. The van der Waals surface area contributed by atoms with Crippen LogP contribution in [0.5, 0.6) is 0 Å². The fraction of sp³-hybridized carbons (Fsp3) is 0.222. The van der Waals surface area contributed by atoms with Crippen LogP contribution < -0.4 is 5.32 Å². The number of rotatable bonds is 5. The van der Waals surface area contributed by atoms with Gasteiger partial charge in [0.2, 0.25) is 5.91 Å². The molecule has 0 aliphatic rings. The van der Waals surface area contributed by atoms with Crippen LogP contribution >= 0.6 is 23.2 Å². The number of halogens is 2. The van der Waals surface area contributed by atoms with Crippen molar-refractivity contribution in [2.45, 2.75) is 12.8 Å². The van der Waals surface area contributed by atoms with Crippen molar-refractivity contribution in [2.75, 3.05) is 19.4 Å². The van der Waals surface area contributed by atoms with E-state index in [2.05, 4.69) is 5.32 Å². The smallest absolute Gasteiger partial charge is 0.254 e. The van der Waals surface area contributed by atoms with Gasteiger partial charge in [-0.2, -0.15) is 0 Å². The number of benzene rings is 2. The first kappa shape index (κ1) is 18.3. The van der Waals surface area contributed by atoms with Gasteiger partial charge >= 0.3 is 0 Å². The van der Waals surface area contributed by atoms with Crippen LogP contribution in [0.3, 0.4) is 0 Å². The average molecular weight is 365 g/mol. The van der Waals surface area contributed by atoms with E-state index in [9.17, 15) is 9.59 Å². The van der Waals surface area contributed by atoms with Crippen LogP contribution in [0, 0.1) is 0 Å². The molecule has 0 aliphatic carbocycles. The Kier molecular flexibility index (Phi) is 6.23. The van der Waals surface area contributed by atoms with E-state index in [1.54, 1.807) is 38.4 Å². The maximum absolute atomic E-state index is 12.0. The molecule has 2 amide bonds. The van der Waals surface area contributed by atoms with Gasteiger partial charge in [0.05, 0.1) is 10.6 Å². The third-order valence-corrected chi connectivity index (χ3v) is 3.97. The van der Waals surface area contributed by atoms with Gasteiger partial charge in [-0.1, -0.05) is 35.3 Å². The van der Waals surface area contributed by atoms with E-state index < -0.39 is 0 Å². The Morgan fingerprint density at radius 1 is 1.08 bits per heavy atom. The molecule has 0 saturated heterocycles. The topological polar surface area (TPSA) is 49.4 Å². The second kappa shape index (κ2) is 8.18. The highest BCUT2D eigenvalue weighted by Gasteiger charge is 2.13. The monoisotopic (exact) mass is 364 g/mol. The van der Waals surface area contributed by atoms with Crippen molar-refractivity contribution < 1.29 is 9.59 Å². The molecule has 2 aromatic rings. The summed E-state index contributed by atoms with van der Waals surface area (Å²) in [5, 5.41) is 3.74. The predicted octanol–water partition coefficient (Wildman–Crippen LogP) is 4.27. The number of hydrogen-bond donors (Lipinski definition) is 1. The predicted molar refractivity (Wildman–Crippen MR) is 97.9 cm³/mol. The van der Waals surface area contributed by atoms with Gasteiger partial charge in [0.15, 0.2) is 0 Å². The van der Waals surface area contributed by atoms with E-state index in [0.29, 0.717) is 34.1 Å². The van der Waals surface area contributed by atoms with Crippen LogP contribution in [0.15, 0.2) is 42.5 Å². The maximum atomic E-state index is 12.0. The molecule has 0 aliphatic heterocycles. The first-order chi connectivity index (χ1) is 11.4. The molecule has 0 aromatic heterocycles. The summed E-state index contributed by atoms with van der Waals surface area (Å²) < 4.78 is 0. The van der Waals surface area contributed by atoms with Crippen LogP contribution in [0.1, 0.15) is 22.3 Å². The van der Waals surface area contributed by atoms with E-state index >= 15 is 0 Å². The summed E-state index contributed by atoms with van der Waals surface area (Å²) in [6.45, 7) is 0. The van der Waals surface area contributed by atoms with Gasteiger partial charge in [-0.05, 0) is 42.3 Å². The zero-order valence-corrected chi connectivity index (χ0v) is 15.0. The van der Waals surface area contributed by atoms with Gasteiger partial charge in [-0.15, -0.1) is 0 Å². The van der Waals surface area contributed by atoms with Crippen molar-refractivity contribution in [3.05, 3.63) is 63.6 Å². The molecule has 4 nitrogen and oxygen atoms in total. The molecular formula is C18H18Cl2N2O2. The summed E-state index contributed by atoms with van der Waals surface area (Å²) in [5.74, 6) is -0.309. The van der Waals surface area contributed by atoms with Crippen LogP contribution in [-0.2, 0) is 11.2 Å². The summed E-state index contributed by atoms with van der Waals surface area (Å²) >= 11 is 12.1. The maximum Gasteiger partial charge on any atom is 0.254 e. The summed E-state index contributed by atoms with van der Waals surface area (Å²) in [4.78, 5) is 25.4. The van der Waals surface area contributed by atoms with E-state index in [0.717, 1.165) is 5.56 Å². The number of nitrogens with one attached hydrogen (secondary N) is 1. The molecular weight excluding hydrogens is 347 g/mol. The minimum Gasteiger partial charge on any atom is -0.345 e. The summed E-state index contributed by atoms with van der Waals surface area (Å²) in [5.41, 5.74) is 1.97. The molecule has 24 heavy (non-hydrogen) atoms. The van der Waals surface area contributed by atoms with Gasteiger partial charge < -0.3 is 10.2 Å². The highest BCUT2D eigenvalue weighted by molar-refractivity contribution is 6.34. The number of carbonyl (C=O) groups is 2. The second-order valence-corrected chi connectivity index (χ2v) is 6.42. The fourth-order valence-corrected chi connectivity index (χ4v) is 2.66. The van der Waals surface area contributed by atoms with E-state index in [1.807, 2.05) is 18.2 Å². The molecule has 6 heteroatoms. The van der Waals surface area contributed by atoms with E-state index in [1.165, 1.54) is 4.90 Å². The van der Waals surface area contributed by atoms with Gasteiger partial charge in [-0.25, -0.2) is 0 Å². The van der Waals surface area contributed by atoms with Gasteiger partial charge in [0.25, 0.3) is 5.91 Å². The lowest BCUT2D eigenvalue weighted by molar-refractivity contribution is -0.116. The molecule has 0 unspecified atom stereocenters. The lowest BCUT2D eigenvalue weighted by atomic mass is 10.1. The normalized spacial score (nSPS) is 10.3. The van der Waals surface area contributed by atoms with Crippen LogP contribution in [0.25, 0.3) is 0 Å². The molecule has 126 valence electrons.